The van der Waals surface area contributed by atoms with E-state index < -0.39 is 11.9 Å². The molecule has 1 aromatic heterocycles. The van der Waals surface area contributed by atoms with E-state index in [-0.39, 0.29) is 30.5 Å². The van der Waals surface area contributed by atoms with Crippen LogP contribution in [-0.4, -0.2) is 60.5 Å². The van der Waals surface area contributed by atoms with Crippen LogP contribution in [0.15, 0.2) is 54.7 Å². The molecule has 0 saturated carbocycles. The third-order valence-corrected chi connectivity index (χ3v) is 6.12. The van der Waals surface area contributed by atoms with Crippen molar-refractivity contribution < 1.29 is 23.9 Å². The topological polar surface area (TPSA) is 132 Å². The Balaban J connectivity index is 1.49. The predicted octanol–water partition coefficient (Wildman–Crippen LogP) is 2.67. The van der Waals surface area contributed by atoms with Gasteiger partial charge in [0.1, 0.15) is 30.0 Å². The average Bonchev–Trinajstić information content (AvgIpc) is 2.94. The summed E-state index contributed by atoms with van der Waals surface area (Å²) >= 11 is 0. The number of nitrogens with zero attached hydrogens (tertiary/aromatic N) is 2. The number of ether oxygens (including phenoxy) is 2. The van der Waals surface area contributed by atoms with Crippen LogP contribution in [0.1, 0.15) is 45.8 Å². The van der Waals surface area contributed by atoms with E-state index in [9.17, 15) is 14.4 Å². The summed E-state index contributed by atoms with van der Waals surface area (Å²) in [4.78, 5) is 47.7. The molecule has 0 fully saturated rings. The summed E-state index contributed by atoms with van der Waals surface area (Å²) in [5.41, 5.74) is 1.97. The van der Waals surface area contributed by atoms with E-state index in [2.05, 4.69) is 25.9 Å². The molecule has 0 unspecified atom stereocenters. The first-order chi connectivity index (χ1) is 18.5. The second kappa shape index (κ2) is 12.7. The highest BCUT2D eigenvalue weighted by atomic mass is 16.5. The van der Waals surface area contributed by atoms with Crippen molar-refractivity contribution in [2.75, 3.05) is 26.8 Å². The van der Waals surface area contributed by atoms with Crippen LogP contribution in [-0.2, 0) is 4.79 Å². The maximum Gasteiger partial charge on any atom is 0.255 e. The second-order valence-electron chi connectivity index (χ2n) is 8.82. The highest BCUT2D eigenvalue weighted by molar-refractivity contribution is 6.01. The van der Waals surface area contributed by atoms with Gasteiger partial charge in [-0.1, -0.05) is 30.3 Å². The van der Waals surface area contributed by atoms with Gasteiger partial charge in [0, 0.05) is 24.4 Å². The maximum absolute atomic E-state index is 13.3. The average molecular weight is 518 g/mol. The monoisotopic (exact) mass is 517 g/mol. The summed E-state index contributed by atoms with van der Waals surface area (Å²) < 4.78 is 11.0. The molecular weight excluding hydrogens is 486 g/mol. The predicted molar refractivity (Wildman–Crippen MR) is 141 cm³/mol. The number of aromatic nitrogens is 2. The zero-order chi connectivity index (χ0) is 26.9. The van der Waals surface area contributed by atoms with E-state index in [1.807, 2.05) is 30.3 Å². The lowest BCUT2D eigenvalue weighted by molar-refractivity contribution is -0.123. The summed E-state index contributed by atoms with van der Waals surface area (Å²) in [5.74, 6) is 0.461. The van der Waals surface area contributed by atoms with Crippen molar-refractivity contribution in [1.82, 2.24) is 25.9 Å². The fourth-order valence-corrected chi connectivity index (χ4v) is 4.12. The Morgan fingerprint density at radius 2 is 1.89 bits per heavy atom. The summed E-state index contributed by atoms with van der Waals surface area (Å²) in [6, 6.07) is 13.6. The van der Waals surface area contributed by atoms with E-state index in [1.165, 1.54) is 13.3 Å². The largest absolute Gasteiger partial charge is 0.497 e. The van der Waals surface area contributed by atoms with Gasteiger partial charge in [-0.05, 0) is 38.3 Å². The van der Waals surface area contributed by atoms with Gasteiger partial charge in [0.05, 0.1) is 30.5 Å². The number of aryl methyl sites for hydroxylation is 1. The molecule has 2 aromatic carbocycles. The number of hydrogen-bond donors (Lipinski definition) is 3. The number of fused-ring (bicyclic) bond motifs is 1. The van der Waals surface area contributed by atoms with Crippen molar-refractivity contribution in [1.29, 1.82) is 0 Å². The standard InChI is InChI=1S/C28H31N5O5/c1-18-31-17-22(25(32-18)19-8-4-3-5-9-19)27(35)33-23-10-6-7-13-29-26(34)21-12-11-20(37-2)16-24(21)38-15-14-30-28(23)36/h3-5,8-9,11-12,16-17,23H,6-7,10,13-15H2,1-2H3,(H,29,34)(H,30,36)(H,33,35)/t23-/m0/s1. The van der Waals surface area contributed by atoms with Gasteiger partial charge in [-0.2, -0.15) is 0 Å². The molecule has 3 N–H and O–H groups in total. The maximum atomic E-state index is 13.3. The third kappa shape index (κ3) is 6.64. The number of carbonyl (C=O) groups excluding carboxylic acids is 3. The normalized spacial score (nSPS) is 16.6. The number of rotatable bonds is 4. The Morgan fingerprint density at radius 3 is 2.68 bits per heavy atom. The van der Waals surface area contributed by atoms with Crippen LogP contribution in [0.2, 0.25) is 0 Å². The molecule has 1 atom stereocenters. The summed E-state index contributed by atoms with van der Waals surface area (Å²) in [5, 5.41) is 8.58. The number of carbonyl (C=O) groups is 3. The van der Waals surface area contributed by atoms with Crippen molar-refractivity contribution in [2.24, 2.45) is 0 Å². The number of hydrogen-bond acceptors (Lipinski definition) is 7. The molecule has 0 saturated heterocycles. The highest BCUT2D eigenvalue weighted by Crippen LogP contribution is 2.25. The Bertz CT molecular complexity index is 1300. The lowest BCUT2D eigenvalue weighted by atomic mass is 10.0. The van der Waals surface area contributed by atoms with E-state index in [1.54, 1.807) is 25.1 Å². The third-order valence-electron chi connectivity index (χ3n) is 6.12. The first kappa shape index (κ1) is 26.6. The first-order valence-electron chi connectivity index (χ1n) is 12.5. The molecular formula is C28H31N5O5. The zero-order valence-corrected chi connectivity index (χ0v) is 21.5. The van der Waals surface area contributed by atoms with Crippen LogP contribution in [0.25, 0.3) is 11.3 Å². The summed E-state index contributed by atoms with van der Waals surface area (Å²) in [6.07, 6.45) is 3.12. The molecule has 0 bridgehead atoms. The van der Waals surface area contributed by atoms with Gasteiger partial charge in [0.25, 0.3) is 11.8 Å². The van der Waals surface area contributed by atoms with Gasteiger partial charge in [0.15, 0.2) is 0 Å². The molecule has 10 heteroatoms. The molecule has 198 valence electrons. The molecule has 0 radical (unpaired) electrons. The van der Waals surface area contributed by atoms with Crippen LogP contribution in [0.4, 0.5) is 0 Å². The molecule has 1 aliphatic rings. The fourth-order valence-electron chi connectivity index (χ4n) is 4.12. The van der Waals surface area contributed by atoms with Gasteiger partial charge in [-0.15, -0.1) is 0 Å². The quantitative estimate of drug-likeness (QED) is 0.485. The molecule has 2 heterocycles. The number of nitrogens with one attached hydrogen (secondary N) is 3. The van der Waals surface area contributed by atoms with E-state index in [0.717, 1.165) is 5.56 Å². The van der Waals surface area contributed by atoms with Crippen molar-refractivity contribution >= 4 is 17.7 Å². The van der Waals surface area contributed by atoms with Gasteiger partial charge in [-0.3, -0.25) is 14.4 Å². The van der Waals surface area contributed by atoms with Crippen molar-refractivity contribution in [3.8, 4) is 22.8 Å². The molecule has 0 spiro atoms. The first-order valence-corrected chi connectivity index (χ1v) is 12.5. The van der Waals surface area contributed by atoms with E-state index >= 15 is 0 Å². The van der Waals surface area contributed by atoms with Crippen LogP contribution >= 0.6 is 0 Å². The molecule has 1 aliphatic heterocycles. The van der Waals surface area contributed by atoms with Crippen molar-refractivity contribution in [3.05, 3.63) is 71.7 Å². The molecule has 38 heavy (non-hydrogen) atoms. The molecule has 3 amide bonds. The summed E-state index contributed by atoms with van der Waals surface area (Å²) in [6.45, 7) is 2.49. The summed E-state index contributed by atoms with van der Waals surface area (Å²) in [7, 11) is 1.53. The number of amides is 3. The second-order valence-corrected chi connectivity index (χ2v) is 8.82. The lowest BCUT2D eigenvalue weighted by Crippen LogP contribution is -2.47. The van der Waals surface area contributed by atoms with Crippen LogP contribution in [0.5, 0.6) is 11.5 Å². The van der Waals surface area contributed by atoms with Gasteiger partial charge in [-0.25, -0.2) is 9.97 Å². The highest BCUT2D eigenvalue weighted by Gasteiger charge is 2.24. The molecule has 0 aliphatic carbocycles. The lowest BCUT2D eigenvalue weighted by Gasteiger charge is -2.20. The molecule has 3 aromatic rings. The number of methoxy groups -OCH3 is 1. The van der Waals surface area contributed by atoms with Crippen molar-refractivity contribution in [2.45, 2.75) is 32.2 Å². The molecule has 4 rings (SSSR count). The Morgan fingerprint density at radius 1 is 1.08 bits per heavy atom. The minimum absolute atomic E-state index is 0.129. The Hall–Kier alpha value is -4.47. The van der Waals surface area contributed by atoms with Gasteiger partial charge in [0.2, 0.25) is 5.91 Å². The van der Waals surface area contributed by atoms with Gasteiger partial charge >= 0.3 is 0 Å². The van der Waals surface area contributed by atoms with Crippen LogP contribution < -0.4 is 25.4 Å². The minimum Gasteiger partial charge on any atom is -0.497 e. The Labute approximate surface area is 221 Å². The zero-order valence-electron chi connectivity index (χ0n) is 21.5. The van der Waals surface area contributed by atoms with Gasteiger partial charge < -0.3 is 25.4 Å². The smallest absolute Gasteiger partial charge is 0.255 e. The SMILES string of the molecule is COc1ccc2c(c1)OCCNC(=O)[C@@H](NC(=O)c1cnc(C)nc1-c1ccccc1)CCCCNC2=O. The van der Waals surface area contributed by atoms with Crippen LogP contribution in [0.3, 0.4) is 0 Å². The van der Waals surface area contributed by atoms with E-state index in [0.29, 0.717) is 54.4 Å². The minimum atomic E-state index is -0.779. The van der Waals surface area contributed by atoms with E-state index in [4.69, 9.17) is 9.47 Å². The Kier molecular flexibility index (Phi) is 8.86. The van der Waals surface area contributed by atoms with Crippen LogP contribution in [0, 0.1) is 6.92 Å². The fraction of sp³-hybridized carbons (Fsp3) is 0.321. The number of benzene rings is 2. The molecule has 10 nitrogen and oxygen atoms in total. The van der Waals surface area contributed by atoms with Crippen molar-refractivity contribution in [3.63, 3.8) is 0 Å².